The van der Waals surface area contributed by atoms with Crippen LogP contribution in [0, 0.1) is 13.5 Å². The summed E-state index contributed by atoms with van der Waals surface area (Å²) in [6.07, 6.45) is 0. The number of hydrogen-bond acceptors (Lipinski definition) is 3. The molecular formula is C22H19NO3S. The lowest BCUT2D eigenvalue weighted by Gasteiger charge is -2.10. The Morgan fingerprint density at radius 2 is 1.56 bits per heavy atom. The van der Waals surface area contributed by atoms with Crippen molar-refractivity contribution in [2.45, 2.75) is 23.8 Å². The van der Waals surface area contributed by atoms with E-state index in [1.807, 2.05) is 37.3 Å². The molecule has 0 aliphatic carbocycles. The maximum atomic E-state index is 12.8. The molecule has 0 N–H and O–H groups in total. The van der Waals surface area contributed by atoms with E-state index in [2.05, 4.69) is 4.85 Å². The van der Waals surface area contributed by atoms with Crippen LogP contribution in [0.15, 0.2) is 83.8 Å². The van der Waals surface area contributed by atoms with Gasteiger partial charge in [0.15, 0.2) is 0 Å². The van der Waals surface area contributed by atoms with Gasteiger partial charge in [0.05, 0.1) is 10.5 Å². The summed E-state index contributed by atoms with van der Waals surface area (Å²) in [5.41, 5.74) is 2.44. The van der Waals surface area contributed by atoms with Crippen molar-refractivity contribution in [2.24, 2.45) is 0 Å². The normalized spacial score (nSPS) is 12.1. The number of sulfone groups is 1. The van der Waals surface area contributed by atoms with Crippen molar-refractivity contribution in [1.29, 1.82) is 0 Å². The third-order valence-electron chi connectivity index (χ3n) is 4.17. The second kappa shape index (κ2) is 8.07. The van der Waals surface area contributed by atoms with Crippen molar-refractivity contribution in [3.63, 3.8) is 0 Å². The lowest BCUT2D eigenvalue weighted by Crippen LogP contribution is -2.10. The van der Waals surface area contributed by atoms with E-state index in [4.69, 9.17) is 11.3 Å². The van der Waals surface area contributed by atoms with Crippen LogP contribution in [0.5, 0.6) is 5.75 Å². The molecule has 0 aromatic heterocycles. The van der Waals surface area contributed by atoms with Crippen molar-refractivity contribution in [3.05, 3.63) is 107 Å². The molecule has 0 saturated heterocycles. The topological polar surface area (TPSA) is 47.7 Å². The number of hydrogen-bond donors (Lipinski definition) is 0. The summed E-state index contributed by atoms with van der Waals surface area (Å²) in [5.74, 6) is 0.624. The number of aryl methyl sites for hydroxylation is 1. The molecule has 0 amide bonds. The van der Waals surface area contributed by atoms with Crippen LogP contribution in [0.4, 0.5) is 0 Å². The van der Waals surface area contributed by atoms with Gasteiger partial charge in [0.25, 0.3) is 9.84 Å². The summed E-state index contributed by atoms with van der Waals surface area (Å²) in [6.45, 7) is 9.72. The van der Waals surface area contributed by atoms with Crippen LogP contribution in [-0.4, -0.2) is 8.42 Å². The Labute approximate surface area is 159 Å². The molecule has 136 valence electrons. The third kappa shape index (κ3) is 4.36. The SMILES string of the molecule is [C-]#[N+]C(c1ccc(OCc2ccccc2)cc1)S(=O)(=O)c1ccc(C)cc1. The number of nitrogens with zero attached hydrogens (tertiary/aromatic N) is 1. The van der Waals surface area contributed by atoms with E-state index in [1.54, 1.807) is 48.5 Å². The third-order valence-corrected chi connectivity index (χ3v) is 6.07. The highest BCUT2D eigenvalue weighted by Crippen LogP contribution is 2.31. The molecule has 3 rings (SSSR count). The first-order chi connectivity index (χ1) is 13.0. The maximum absolute atomic E-state index is 12.8. The van der Waals surface area contributed by atoms with Crippen LogP contribution in [0.2, 0.25) is 0 Å². The molecule has 0 spiro atoms. The minimum atomic E-state index is -3.78. The number of rotatable bonds is 6. The first-order valence-corrected chi connectivity index (χ1v) is 9.99. The molecular weight excluding hydrogens is 358 g/mol. The Hall–Kier alpha value is -3.10. The highest BCUT2D eigenvalue weighted by molar-refractivity contribution is 7.91. The molecule has 0 fully saturated rings. The molecule has 4 nitrogen and oxygen atoms in total. The van der Waals surface area contributed by atoms with Crippen LogP contribution >= 0.6 is 0 Å². The lowest BCUT2D eigenvalue weighted by molar-refractivity contribution is 0.306. The molecule has 3 aromatic rings. The molecule has 27 heavy (non-hydrogen) atoms. The maximum Gasteiger partial charge on any atom is 0.350 e. The Bertz CT molecular complexity index is 1040. The van der Waals surface area contributed by atoms with E-state index in [1.165, 1.54) is 0 Å². The second-order valence-electron chi connectivity index (χ2n) is 6.18. The van der Waals surface area contributed by atoms with Crippen molar-refractivity contribution >= 4 is 9.84 Å². The number of ether oxygens (including phenoxy) is 1. The molecule has 1 unspecified atom stereocenters. The largest absolute Gasteiger partial charge is 0.489 e. The average Bonchev–Trinajstić information content (AvgIpc) is 2.69. The fourth-order valence-corrected chi connectivity index (χ4v) is 4.08. The summed E-state index contributed by atoms with van der Waals surface area (Å²) in [4.78, 5) is 3.52. The Morgan fingerprint density at radius 1 is 0.926 bits per heavy atom. The Morgan fingerprint density at radius 3 is 2.15 bits per heavy atom. The molecule has 0 radical (unpaired) electrons. The van der Waals surface area contributed by atoms with Gasteiger partial charge in [-0.2, -0.15) is 0 Å². The molecule has 0 bridgehead atoms. The Kier molecular flexibility index (Phi) is 5.58. The van der Waals surface area contributed by atoms with E-state index in [-0.39, 0.29) is 4.90 Å². The zero-order chi connectivity index (χ0) is 19.3. The van der Waals surface area contributed by atoms with Gasteiger partial charge in [-0.1, -0.05) is 48.0 Å². The molecule has 0 heterocycles. The van der Waals surface area contributed by atoms with E-state index in [0.29, 0.717) is 17.9 Å². The van der Waals surface area contributed by atoms with Gasteiger partial charge in [-0.3, -0.25) is 4.85 Å². The predicted octanol–water partition coefficient (Wildman–Crippen LogP) is 4.97. The van der Waals surface area contributed by atoms with E-state index in [0.717, 1.165) is 11.1 Å². The molecule has 1 atom stereocenters. The van der Waals surface area contributed by atoms with Crippen LogP contribution < -0.4 is 4.74 Å². The standard InChI is InChI=1S/C22H19NO3S/c1-17-8-14-21(15-9-17)27(24,25)22(23-2)19-10-12-20(13-11-19)26-16-18-6-4-3-5-7-18/h3-15,22H,16H2,1H3. The highest BCUT2D eigenvalue weighted by atomic mass is 32.2. The number of benzene rings is 3. The fourth-order valence-electron chi connectivity index (χ4n) is 2.65. The molecule has 3 aromatic carbocycles. The smallest absolute Gasteiger partial charge is 0.350 e. The summed E-state index contributed by atoms with van der Waals surface area (Å²) in [6, 6.07) is 23.0. The fraction of sp³-hybridized carbons (Fsp3) is 0.136. The monoisotopic (exact) mass is 377 g/mol. The van der Waals surface area contributed by atoms with Gasteiger partial charge < -0.3 is 4.74 Å². The van der Waals surface area contributed by atoms with Crippen LogP contribution in [0.25, 0.3) is 4.85 Å². The van der Waals surface area contributed by atoms with E-state index in [9.17, 15) is 8.42 Å². The van der Waals surface area contributed by atoms with Gasteiger partial charge in [0.2, 0.25) is 0 Å². The molecule has 5 heteroatoms. The molecule has 0 saturated carbocycles. The Balaban J connectivity index is 1.78. The molecule has 0 aliphatic heterocycles. The van der Waals surface area contributed by atoms with E-state index < -0.39 is 15.2 Å². The van der Waals surface area contributed by atoms with Crippen molar-refractivity contribution in [1.82, 2.24) is 0 Å². The van der Waals surface area contributed by atoms with Gasteiger partial charge >= 0.3 is 5.37 Å². The van der Waals surface area contributed by atoms with Gasteiger partial charge in [-0.25, -0.2) is 15.0 Å². The van der Waals surface area contributed by atoms with Gasteiger partial charge in [-0.15, -0.1) is 0 Å². The zero-order valence-corrected chi connectivity index (χ0v) is 15.7. The zero-order valence-electron chi connectivity index (χ0n) is 14.9. The first-order valence-electron chi connectivity index (χ1n) is 8.44. The highest BCUT2D eigenvalue weighted by Gasteiger charge is 2.34. The van der Waals surface area contributed by atoms with Crippen LogP contribution in [-0.2, 0) is 16.4 Å². The van der Waals surface area contributed by atoms with Gasteiger partial charge in [0.1, 0.15) is 12.4 Å². The summed E-state index contributed by atoms with van der Waals surface area (Å²) in [7, 11) is -3.78. The second-order valence-corrected chi connectivity index (χ2v) is 8.19. The summed E-state index contributed by atoms with van der Waals surface area (Å²) in [5, 5.41) is -1.27. The van der Waals surface area contributed by atoms with Crippen molar-refractivity contribution < 1.29 is 13.2 Å². The van der Waals surface area contributed by atoms with Crippen LogP contribution in [0.1, 0.15) is 22.1 Å². The average molecular weight is 377 g/mol. The van der Waals surface area contributed by atoms with Gasteiger partial charge in [-0.05, 0) is 48.9 Å². The summed E-state index contributed by atoms with van der Waals surface area (Å²) >= 11 is 0. The lowest BCUT2D eigenvalue weighted by atomic mass is 10.2. The first kappa shape index (κ1) is 18.7. The molecule has 0 aliphatic rings. The predicted molar refractivity (Wildman–Crippen MR) is 105 cm³/mol. The summed E-state index contributed by atoms with van der Waals surface area (Å²) < 4.78 is 31.4. The van der Waals surface area contributed by atoms with E-state index >= 15 is 0 Å². The van der Waals surface area contributed by atoms with Crippen molar-refractivity contribution in [3.8, 4) is 5.75 Å². The minimum absolute atomic E-state index is 0.151. The minimum Gasteiger partial charge on any atom is -0.489 e. The van der Waals surface area contributed by atoms with Gasteiger partial charge in [0, 0.05) is 0 Å². The van der Waals surface area contributed by atoms with Crippen molar-refractivity contribution in [2.75, 3.05) is 0 Å². The van der Waals surface area contributed by atoms with Crippen LogP contribution in [0.3, 0.4) is 0 Å². The quantitative estimate of drug-likeness (QED) is 0.570.